The van der Waals surface area contributed by atoms with Crippen LogP contribution in [0.3, 0.4) is 0 Å². The van der Waals surface area contributed by atoms with Gasteiger partial charge in [-0.25, -0.2) is 4.68 Å². The molecule has 12 nitrogen and oxygen atoms in total. The first-order valence-corrected chi connectivity index (χ1v) is 13.3. The fraction of sp³-hybridized carbons (Fsp3) is 0.476. The van der Waals surface area contributed by atoms with Gasteiger partial charge in [0, 0.05) is 12.2 Å². The van der Waals surface area contributed by atoms with Crippen molar-refractivity contribution in [3.05, 3.63) is 41.6 Å². The molecule has 192 valence electrons. The van der Waals surface area contributed by atoms with E-state index in [1.165, 1.54) is 4.68 Å². The Kier molecular flexibility index (Phi) is 11.9. The van der Waals surface area contributed by atoms with Crippen LogP contribution in [0.5, 0.6) is 0 Å². The lowest BCUT2D eigenvalue weighted by atomic mass is 10.2. The zero-order chi connectivity index (χ0) is 25.7. The normalized spacial score (nSPS) is 11.3. The predicted molar refractivity (Wildman–Crippen MR) is 134 cm³/mol. The summed E-state index contributed by atoms with van der Waals surface area (Å²) in [6.07, 6.45) is 2.47. The van der Waals surface area contributed by atoms with Crippen molar-refractivity contribution in [1.82, 2.24) is 20.3 Å². The number of rotatable bonds is 15. The van der Waals surface area contributed by atoms with Gasteiger partial charge in [0.2, 0.25) is 0 Å². The van der Waals surface area contributed by atoms with E-state index in [0.717, 1.165) is 6.42 Å². The molecule has 0 unspecified atom stereocenters. The molecule has 1 heterocycles. The second-order valence-corrected chi connectivity index (χ2v) is 9.79. The van der Waals surface area contributed by atoms with Crippen molar-refractivity contribution in [2.75, 3.05) is 31.3 Å². The maximum Gasteiger partial charge on any atom is 0.330 e. The van der Waals surface area contributed by atoms with Crippen molar-refractivity contribution < 1.29 is 27.9 Å². The van der Waals surface area contributed by atoms with Crippen molar-refractivity contribution in [3.8, 4) is 0 Å². The summed E-state index contributed by atoms with van der Waals surface area (Å²) in [4.78, 5) is 24.0. The second kappa shape index (κ2) is 14.6. The van der Waals surface area contributed by atoms with Crippen molar-refractivity contribution in [1.29, 1.82) is 0 Å². The van der Waals surface area contributed by atoms with Crippen molar-refractivity contribution in [2.24, 2.45) is 5.73 Å². The summed E-state index contributed by atoms with van der Waals surface area (Å²) in [6, 6.07) is 8.52. The molecule has 0 atom stereocenters. The molecule has 35 heavy (non-hydrogen) atoms. The highest BCUT2D eigenvalue weighted by molar-refractivity contribution is 7.80. The van der Waals surface area contributed by atoms with Crippen LogP contribution < -0.4 is 16.4 Å². The van der Waals surface area contributed by atoms with E-state index in [4.69, 9.17) is 31.7 Å². The summed E-state index contributed by atoms with van der Waals surface area (Å²) in [5.41, 5.74) is 5.65. The van der Waals surface area contributed by atoms with E-state index in [0.29, 0.717) is 44.4 Å². The molecule has 0 fully saturated rings. The minimum Gasteiger partial charge on any atom is -0.364 e. The number of thiocarbonyl (C=S) groups is 1. The number of amides is 2. The van der Waals surface area contributed by atoms with Crippen LogP contribution in [0.4, 0.5) is 5.82 Å². The van der Waals surface area contributed by atoms with Gasteiger partial charge in [-0.2, -0.15) is 0 Å². The fourth-order valence-corrected chi connectivity index (χ4v) is 4.91. The Balaban J connectivity index is 1.84. The molecule has 4 N–H and O–H groups in total. The molecule has 2 aromatic rings. The number of hydrogen-bond donors (Lipinski definition) is 3. The first kappa shape index (κ1) is 28.5. The van der Waals surface area contributed by atoms with Crippen LogP contribution in [0, 0.1) is 0 Å². The third-order valence-corrected chi connectivity index (χ3v) is 6.92. The van der Waals surface area contributed by atoms with E-state index in [2.05, 4.69) is 20.9 Å². The standard InChI is InChI=1S/C21H31N6O6PS/c1-3-32-34(30,33-4-2)14-10-6-9-13-31-15-27-19(17(18(22)28)25-26-27)23-21(35)24-20(29)16-11-7-5-8-12-16/h5,7-8,11-12H,3-4,6,9-10,13-15H2,1-2H3,(H2,22,28)(H2,23,24,29,35). The molecular weight excluding hydrogens is 495 g/mol. The molecule has 0 saturated carbocycles. The van der Waals surface area contributed by atoms with Gasteiger partial charge in [-0.15, -0.1) is 5.10 Å². The number of unbranched alkanes of at least 4 members (excludes halogenated alkanes) is 2. The van der Waals surface area contributed by atoms with E-state index in [1.807, 2.05) is 0 Å². The van der Waals surface area contributed by atoms with Gasteiger partial charge in [0.1, 0.15) is 6.73 Å². The lowest BCUT2D eigenvalue weighted by Crippen LogP contribution is -2.35. The number of primary amides is 1. The van der Waals surface area contributed by atoms with Gasteiger partial charge in [-0.1, -0.05) is 29.8 Å². The highest BCUT2D eigenvalue weighted by Crippen LogP contribution is 2.48. The zero-order valence-corrected chi connectivity index (χ0v) is 21.5. The Hall–Kier alpha value is -2.70. The van der Waals surface area contributed by atoms with Crippen LogP contribution in [0.15, 0.2) is 30.3 Å². The van der Waals surface area contributed by atoms with Gasteiger partial charge < -0.3 is 24.8 Å². The number of nitrogens with two attached hydrogens (primary N) is 1. The second-order valence-electron chi connectivity index (χ2n) is 7.19. The smallest absolute Gasteiger partial charge is 0.330 e. The third kappa shape index (κ3) is 9.46. The molecule has 0 radical (unpaired) electrons. The summed E-state index contributed by atoms with van der Waals surface area (Å²) >= 11 is 5.19. The maximum atomic E-state index is 12.4. The molecule has 1 aromatic carbocycles. The number of carbonyl (C=O) groups is 2. The summed E-state index contributed by atoms with van der Waals surface area (Å²) in [6.45, 7) is 4.57. The van der Waals surface area contributed by atoms with Crippen LogP contribution in [-0.4, -0.2) is 57.9 Å². The molecular formula is C21H31N6O6PS. The Morgan fingerprint density at radius 3 is 2.43 bits per heavy atom. The number of aromatic nitrogens is 3. The molecule has 0 aliphatic heterocycles. The SMILES string of the molecule is CCOP(=O)(CCCCCOCn1nnc(C(N)=O)c1NC(=S)NC(=O)c1ccccc1)OCC. The van der Waals surface area contributed by atoms with Gasteiger partial charge >= 0.3 is 7.60 Å². The molecule has 2 rings (SSSR count). The molecule has 0 aliphatic carbocycles. The molecule has 0 bridgehead atoms. The fourth-order valence-electron chi connectivity index (χ4n) is 2.99. The average molecular weight is 527 g/mol. The van der Waals surface area contributed by atoms with E-state index in [1.54, 1.807) is 44.2 Å². The number of anilines is 1. The van der Waals surface area contributed by atoms with E-state index < -0.39 is 19.4 Å². The van der Waals surface area contributed by atoms with E-state index >= 15 is 0 Å². The molecule has 0 spiro atoms. The summed E-state index contributed by atoms with van der Waals surface area (Å²) < 4.78 is 29.9. The van der Waals surface area contributed by atoms with Crippen LogP contribution in [-0.2, 0) is 25.1 Å². The molecule has 14 heteroatoms. The highest BCUT2D eigenvalue weighted by Gasteiger charge is 2.22. The third-order valence-electron chi connectivity index (χ3n) is 4.55. The Labute approximate surface area is 209 Å². The van der Waals surface area contributed by atoms with Crippen LogP contribution in [0.25, 0.3) is 0 Å². The van der Waals surface area contributed by atoms with Crippen molar-refractivity contribution in [2.45, 2.75) is 39.8 Å². The number of benzene rings is 1. The molecule has 0 saturated heterocycles. The molecule has 2 amide bonds. The topological polar surface area (TPSA) is 160 Å². The zero-order valence-electron chi connectivity index (χ0n) is 19.8. The van der Waals surface area contributed by atoms with Gasteiger partial charge in [0.05, 0.1) is 19.4 Å². The van der Waals surface area contributed by atoms with Gasteiger partial charge in [0.15, 0.2) is 16.6 Å². The Morgan fingerprint density at radius 2 is 1.80 bits per heavy atom. The van der Waals surface area contributed by atoms with Gasteiger partial charge in [0.25, 0.3) is 11.8 Å². The Morgan fingerprint density at radius 1 is 1.11 bits per heavy atom. The molecule has 0 aliphatic rings. The van der Waals surface area contributed by atoms with E-state index in [9.17, 15) is 14.2 Å². The Bertz CT molecular complexity index is 1020. The first-order chi connectivity index (χ1) is 16.8. The number of nitrogens with zero attached hydrogens (tertiary/aromatic N) is 3. The number of hydrogen-bond acceptors (Lipinski definition) is 9. The van der Waals surface area contributed by atoms with Crippen LogP contribution in [0.1, 0.15) is 54.0 Å². The molecule has 1 aromatic heterocycles. The highest BCUT2D eigenvalue weighted by atomic mass is 32.1. The summed E-state index contributed by atoms with van der Waals surface area (Å²) in [5.74, 6) is -1.13. The first-order valence-electron chi connectivity index (χ1n) is 11.2. The maximum absolute atomic E-state index is 12.4. The lowest BCUT2D eigenvalue weighted by molar-refractivity contribution is 0.0663. The minimum absolute atomic E-state index is 0.0335. The number of ether oxygens (including phenoxy) is 1. The van der Waals surface area contributed by atoms with Gasteiger partial charge in [-0.05, 0) is 51.0 Å². The monoisotopic (exact) mass is 526 g/mol. The van der Waals surface area contributed by atoms with Crippen LogP contribution in [0.2, 0.25) is 0 Å². The largest absolute Gasteiger partial charge is 0.364 e. The summed E-state index contributed by atoms with van der Waals surface area (Å²) in [5, 5.41) is 12.8. The lowest BCUT2D eigenvalue weighted by Gasteiger charge is -2.16. The van der Waals surface area contributed by atoms with Crippen molar-refractivity contribution >= 4 is 42.6 Å². The van der Waals surface area contributed by atoms with E-state index in [-0.39, 0.29) is 23.4 Å². The van der Waals surface area contributed by atoms with Crippen molar-refractivity contribution in [3.63, 3.8) is 0 Å². The average Bonchev–Trinajstić information content (AvgIpc) is 3.21. The quantitative estimate of drug-likeness (QED) is 0.179. The number of nitrogens with one attached hydrogen (secondary N) is 2. The van der Waals surface area contributed by atoms with Gasteiger partial charge in [-0.3, -0.25) is 19.5 Å². The predicted octanol–water partition coefficient (Wildman–Crippen LogP) is 2.91. The van der Waals surface area contributed by atoms with Crippen LogP contribution >= 0.6 is 19.8 Å². The summed E-state index contributed by atoms with van der Waals surface area (Å²) in [7, 11) is -3.04. The minimum atomic E-state index is -3.04. The number of carbonyl (C=O) groups excluding carboxylic acids is 2.